The Morgan fingerprint density at radius 2 is 1.92 bits per heavy atom. The second-order valence-corrected chi connectivity index (χ2v) is 7.37. The van der Waals surface area contributed by atoms with Crippen LogP contribution < -0.4 is 10.6 Å². The molecule has 144 valence electrons. The fraction of sp³-hybridized carbons (Fsp3) is 0.684. The lowest BCUT2D eigenvalue weighted by Crippen LogP contribution is -2.55. The number of urea groups is 1. The van der Waals surface area contributed by atoms with Gasteiger partial charge in [-0.1, -0.05) is 19.3 Å². The molecule has 7 nitrogen and oxygen atoms in total. The number of piperazine rings is 1. The van der Waals surface area contributed by atoms with Gasteiger partial charge in [0.05, 0.1) is 18.8 Å². The Balaban J connectivity index is 1.38. The third kappa shape index (κ3) is 5.32. The van der Waals surface area contributed by atoms with E-state index in [0.29, 0.717) is 0 Å². The molecule has 3 rings (SSSR count). The highest BCUT2D eigenvalue weighted by atomic mass is 16.3. The zero-order chi connectivity index (χ0) is 18.4. The van der Waals surface area contributed by atoms with E-state index in [9.17, 15) is 9.59 Å². The molecule has 0 bridgehead atoms. The van der Waals surface area contributed by atoms with Crippen LogP contribution in [0.1, 0.15) is 44.8 Å². The van der Waals surface area contributed by atoms with E-state index in [1.165, 1.54) is 6.42 Å². The fourth-order valence-electron chi connectivity index (χ4n) is 3.78. The van der Waals surface area contributed by atoms with Crippen molar-refractivity contribution in [2.24, 2.45) is 0 Å². The van der Waals surface area contributed by atoms with Gasteiger partial charge in [-0.15, -0.1) is 0 Å². The number of hydrogen-bond acceptors (Lipinski definition) is 5. The van der Waals surface area contributed by atoms with Crippen molar-refractivity contribution in [2.75, 3.05) is 26.2 Å². The van der Waals surface area contributed by atoms with Gasteiger partial charge < -0.3 is 9.73 Å². The number of hydrogen-bond donors (Lipinski definition) is 2. The average molecular weight is 362 g/mol. The quantitative estimate of drug-likeness (QED) is 0.837. The van der Waals surface area contributed by atoms with Gasteiger partial charge in [0.25, 0.3) is 0 Å². The Bertz CT molecular complexity index is 576. The van der Waals surface area contributed by atoms with Gasteiger partial charge in [0, 0.05) is 32.2 Å². The Labute approximate surface area is 155 Å². The van der Waals surface area contributed by atoms with Crippen LogP contribution in [0.15, 0.2) is 22.8 Å². The minimum atomic E-state index is -0.356. The van der Waals surface area contributed by atoms with Crippen molar-refractivity contribution in [3.05, 3.63) is 24.2 Å². The van der Waals surface area contributed by atoms with Crippen molar-refractivity contribution in [3.63, 3.8) is 0 Å². The van der Waals surface area contributed by atoms with Crippen molar-refractivity contribution >= 4 is 11.9 Å². The highest BCUT2D eigenvalue weighted by molar-refractivity contribution is 5.96. The van der Waals surface area contributed by atoms with Crippen molar-refractivity contribution < 1.29 is 14.0 Å². The molecular weight excluding hydrogens is 332 g/mol. The van der Waals surface area contributed by atoms with Gasteiger partial charge in [-0.2, -0.15) is 0 Å². The molecule has 2 N–H and O–H groups in total. The normalized spacial score (nSPS) is 21.3. The van der Waals surface area contributed by atoms with Crippen LogP contribution in [0.25, 0.3) is 0 Å². The molecule has 1 aliphatic carbocycles. The second kappa shape index (κ2) is 9.19. The number of carbonyl (C=O) groups is 2. The van der Waals surface area contributed by atoms with Crippen LogP contribution in [0.2, 0.25) is 0 Å². The predicted octanol–water partition coefficient (Wildman–Crippen LogP) is 1.94. The van der Waals surface area contributed by atoms with Crippen LogP contribution in [0, 0.1) is 0 Å². The molecule has 0 spiro atoms. The summed E-state index contributed by atoms with van der Waals surface area (Å²) in [5.41, 5.74) is 0. The summed E-state index contributed by atoms with van der Waals surface area (Å²) in [6, 6.07) is 3.42. The second-order valence-electron chi connectivity index (χ2n) is 7.37. The van der Waals surface area contributed by atoms with Gasteiger partial charge in [0.2, 0.25) is 5.91 Å². The molecule has 1 unspecified atom stereocenters. The first kappa shape index (κ1) is 18.9. The smallest absolute Gasteiger partial charge is 0.321 e. The molecule has 2 heterocycles. The van der Waals surface area contributed by atoms with Crippen molar-refractivity contribution in [1.82, 2.24) is 20.4 Å². The summed E-state index contributed by atoms with van der Waals surface area (Å²) in [7, 11) is 0. The lowest BCUT2D eigenvalue weighted by atomic mass is 9.96. The van der Waals surface area contributed by atoms with E-state index in [-0.39, 0.29) is 24.0 Å². The van der Waals surface area contributed by atoms with E-state index < -0.39 is 0 Å². The molecule has 1 aliphatic heterocycles. The Morgan fingerprint density at radius 3 is 2.58 bits per heavy atom. The van der Waals surface area contributed by atoms with Gasteiger partial charge in [-0.3, -0.25) is 19.9 Å². The highest BCUT2D eigenvalue weighted by Gasteiger charge is 2.27. The van der Waals surface area contributed by atoms with Crippen LogP contribution in [-0.4, -0.2) is 60.0 Å². The number of carbonyl (C=O) groups excluding carboxylic acids is 2. The Hall–Kier alpha value is -1.86. The molecule has 0 radical (unpaired) electrons. The number of rotatable bonds is 5. The van der Waals surface area contributed by atoms with Crippen LogP contribution in [-0.2, 0) is 11.3 Å². The van der Waals surface area contributed by atoms with E-state index in [1.54, 1.807) is 6.26 Å². The summed E-state index contributed by atoms with van der Waals surface area (Å²) in [6.45, 7) is 6.04. The van der Waals surface area contributed by atoms with Crippen LogP contribution in [0.4, 0.5) is 4.79 Å². The van der Waals surface area contributed by atoms with Gasteiger partial charge >= 0.3 is 6.03 Å². The SMILES string of the molecule is CC(C(=O)NC(=O)NC1CCCCC1)N1CCN(Cc2ccco2)CC1. The molecule has 1 saturated carbocycles. The Morgan fingerprint density at radius 1 is 1.19 bits per heavy atom. The summed E-state index contributed by atoms with van der Waals surface area (Å²) in [6.07, 6.45) is 7.25. The van der Waals surface area contributed by atoms with Gasteiger partial charge in [-0.05, 0) is 31.9 Å². The summed E-state index contributed by atoms with van der Waals surface area (Å²) in [4.78, 5) is 28.9. The molecule has 2 fully saturated rings. The van der Waals surface area contributed by atoms with Gasteiger partial charge in [0.15, 0.2) is 0 Å². The molecule has 0 aromatic carbocycles. The van der Waals surface area contributed by atoms with E-state index >= 15 is 0 Å². The van der Waals surface area contributed by atoms with Crippen molar-refractivity contribution in [2.45, 2.75) is 57.7 Å². The zero-order valence-corrected chi connectivity index (χ0v) is 15.6. The lowest BCUT2D eigenvalue weighted by molar-refractivity contribution is -0.125. The average Bonchev–Trinajstić information content (AvgIpc) is 3.15. The Kier molecular flexibility index (Phi) is 6.68. The largest absolute Gasteiger partial charge is 0.468 e. The molecular formula is C19H30N4O3. The number of nitrogens with one attached hydrogen (secondary N) is 2. The van der Waals surface area contributed by atoms with Crippen LogP contribution in [0.3, 0.4) is 0 Å². The van der Waals surface area contributed by atoms with E-state index in [4.69, 9.17) is 4.42 Å². The zero-order valence-electron chi connectivity index (χ0n) is 15.6. The van der Waals surface area contributed by atoms with Gasteiger partial charge in [0.1, 0.15) is 5.76 Å². The standard InChI is InChI=1S/C19H30N4O3/c1-15(18(24)21-19(25)20-16-6-3-2-4-7-16)23-11-9-22(10-12-23)14-17-8-5-13-26-17/h5,8,13,15-16H,2-4,6-7,9-12,14H2,1H3,(H2,20,21,24,25). The van der Waals surface area contributed by atoms with E-state index in [0.717, 1.165) is 64.2 Å². The molecule has 1 saturated heterocycles. The minimum Gasteiger partial charge on any atom is -0.468 e. The summed E-state index contributed by atoms with van der Waals surface area (Å²) < 4.78 is 5.39. The van der Waals surface area contributed by atoms with E-state index in [2.05, 4.69) is 20.4 Å². The summed E-state index contributed by atoms with van der Waals surface area (Å²) in [5.74, 6) is 0.737. The number of amides is 3. The van der Waals surface area contributed by atoms with Crippen LogP contribution >= 0.6 is 0 Å². The number of furan rings is 1. The monoisotopic (exact) mass is 362 g/mol. The number of nitrogens with zero attached hydrogens (tertiary/aromatic N) is 2. The summed E-state index contributed by atoms with van der Waals surface area (Å²) >= 11 is 0. The molecule has 1 atom stereocenters. The first-order valence-corrected chi connectivity index (χ1v) is 9.72. The van der Waals surface area contributed by atoms with E-state index in [1.807, 2.05) is 19.1 Å². The molecule has 1 aromatic heterocycles. The molecule has 1 aromatic rings. The maximum absolute atomic E-state index is 12.4. The fourth-order valence-corrected chi connectivity index (χ4v) is 3.78. The van der Waals surface area contributed by atoms with Crippen LogP contribution in [0.5, 0.6) is 0 Å². The minimum absolute atomic E-state index is 0.206. The molecule has 2 aliphatic rings. The highest BCUT2D eigenvalue weighted by Crippen LogP contribution is 2.17. The summed E-state index contributed by atoms with van der Waals surface area (Å²) in [5, 5.41) is 5.44. The maximum atomic E-state index is 12.4. The topological polar surface area (TPSA) is 77.8 Å². The predicted molar refractivity (Wildman–Crippen MR) is 98.6 cm³/mol. The maximum Gasteiger partial charge on any atom is 0.321 e. The van der Waals surface area contributed by atoms with Crippen molar-refractivity contribution in [3.8, 4) is 0 Å². The third-order valence-corrected chi connectivity index (χ3v) is 5.47. The van der Waals surface area contributed by atoms with Crippen molar-refractivity contribution in [1.29, 1.82) is 0 Å². The third-order valence-electron chi connectivity index (χ3n) is 5.47. The first-order valence-electron chi connectivity index (χ1n) is 9.72. The number of imide groups is 1. The first-order chi connectivity index (χ1) is 12.6. The van der Waals surface area contributed by atoms with Gasteiger partial charge in [-0.25, -0.2) is 4.79 Å². The molecule has 3 amide bonds. The molecule has 26 heavy (non-hydrogen) atoms. The lowest BCUT2D eigenvalue weighted by Gasteiger charge is -2.37. The molecule has 7 heteroatoms.